The maximum absolute atomic E-state index is 12.0. The Morgan fingerprint density at radius 2 is 1.84 bits per heavy atom. The average Bonchev–Trinajstić information content (AvgIpc) is 2.23. The van der Waals surface area contributed by atoms with E-state index in [9.17, 15) is 9.59 Å². The van der Waals surface area contributed by atoms with Crippen LogP contribution in [-0.2, 0) is 4.79 Å². The Bertz CT molecular complexity index is 509. The fraction of sp³-hybridized carbons (Fsp3) is 0.385. The average molecular weight is 304 g/mol. The molecule has 0 spiro atoms. The normalized spacial score (nSPS) is 12.9. The Morgan fingerprint density at radius 3 is 2.26 bits per heavy atom. The molecule has 1 aromatic carbocycles. The van der Waals surface area contributed by atoms with Gasteiger partial charge in [0.1, 0.15) is 6.04 Å². The molecule has 6 heteroatoms. The van der Waals surface area contributed by atoms with E-state index in [0.29, 0.717) is 5.02 Å². The zero-order valence-corrected chi connectivity index (χ0v) is 12.3. The third-order valence-electron chi connectivity index (χ3n) is 2.56. The van der Waals surface area contributed by atoms with E-state index in [1.165, 1.54) is 18.2 Å². The van der Waals surface area contributed by atoms with Crippen molar-refractivity contribution in [1.82, 2.24) is 5.32 Å². The largest absolute Gasteiger partial charge is 0.480 e. The van der Waals surface area contributed by atoms with Crippen LogP contribution in [0.1, 0.15) is 31.1 Å². The van der Waals surface area contributed by atoms with Gasteiger partial charge in [0, 0.05) is 5.02 Å². The van der Waals surface area contributed by atoms with E-state index >= 15 is 0 Å². The van der Waals surface area contributed by atoms with Gasteiger partial charge in [-0.1, -0.05) is 44.0 Å². The van der Waals surface area contributed by atoms with Crippen LogP contribution in [0.4, 0.5) is 0 Å². The van der Waals surface area contributed by atoms with Crippen molar-refractivity contribution in [2.75, 3.05) is 0 Å². The Hall–Kier alpha value is -1.26. The number of carboxylic acids is 1. The van der Waals surface area contributed by atoms with Gasteiger partial charge < -0.3 is 10.4 Å². The number of carboxylic acid groups (broad SMARTS) is 1. The smallest absolute Gasteiger partial charge is 0.326 e. The fourth-order valence-electron chi connectivity index (χ4n) is 1.53. The molecule has 1 unspecified atom stereocenters. The van der Waals surface area contributed by atoms with Crippen LogP contribution in [0.25, 0.3) is 0 Å². The van der Waals surface area contributed by atoms with Gasteiger partial charge in [-0.2, -0.15) is 0 Å². The first-order valence-electron chi connectivity index (χ1n) is 5.61. The van der Waals surface area contributed by atoms with E-state index in [2.05, 4.69) is 5.32 Å². The van der Waals surface area contributed by atoms with Crippen molar-refractivity contribution in [3.63, 3.8) is 0 Å². The summed E-state index contributed by atoms with van der Waals surface area (Å²) in [5.41, 5.74) is -0.415. The van der Waals surface area contributed by atoms with Crippen LogP contribution >= 0.6 is 23.2 Å². The minimum Gasteiger partial charge on any atom is -0.480 e. The number of halogens is 2. The second-order valence-electron chi connectivity index (χ2n) is 5.23. The maximum Gasteiger partial charge on any atom is 0.326 e. The summed E-state index contributed by atoms with van der Waals surface area (Å²) in [5, 5.41) is 12.2. The van der Waals surface area contributed by atoms with Crippen molar-refractivity contribution in [2.24, 2.45) is 5.41 Å². The molecule has 0 radical (unpaired) electrons. The minimum absolute atomic E-state index is 0.183. The number of carbonyl (C=O) groups excluding carboxylic acids is 1. The summed E-state index contributed by atoms with van der Waals surface area (Å²) in [6, 6.07) is 3.41. The number of carbonyl (C=O) groups is 2. The lowest BCUT2D eigenvalue weighted by atomic mass is 9.86. The molecule has 0 aromatic heterocycles. The van der Waals surface area contributed by atoms with Gasteiger partial charge in [-0.15, -0.1) is 0 Å². The van der Waals surface area contributed by atoms with Gasteiger partial charge in [0.05, 0.1) is 10.6 Å². The molecule has 0 aliphatic rings. The molecule has 1 aromatic rings. The molecule has 2 N–H and O–H groups in total. The van der Waals surface area contributed by atoms with Crippen LogP contribution in [0.3, 0.4) is 0 Å². The predicted molar refractivity (Wildman–Crippen MR) is 74.8 cm³/mol. The zero-order chi connectivity index (χ0) is 14.8. The molecule has 0 bridgehead atoms. The monoisotopic (exact) mass is 303 g/mol. The summed E-state index contributed by atoms with van der Waals surface area (Å²) in [4.78, 5) is 23.2. The van der Waals surface area contributed by atoms with E-state index in [1.54, 1.807) is 20.8 Å². The highest BCUT2D eigenvalue weighted by Crippen LogP contribution is 2.23. The van der Waals surface area contributed by atoms with E-state index in [-0.39, 0.29) is 10.6 Å². The minimum atomic E-state index is -1.09. The molecule has 1 rings (SSSR count). The molecule has 0 heterocycles. The predicted octanol–water partition coefficient (Wildman–Crippen LogP) is 3.22. The molecule has 4 nitrogen and oxygen atoms in total. The molecule has 104 valence electrons. The molecule has 19 heavy (non-hydrogen) atoms. The van der Waals surface area contributed by atoms with Crippen LogP contribution in [0.15, 0.2) is 18.2 Å². The van der Waals surface area contributed by atoms with Gasteiger partial charge in [0.2, 0.25) is 0 Å². The molecule has 0 saturated heterocycles. The summed E-state index contributed by atoms with van der Waals surface area (Å²) < 4.78 is 0. The third kappa shape index (κ3) is 4.11. The Morgan fingerprint density at radius 1 is 1.26 bits per heavy atom. The van der Waals surface area contributed by atoms with Crippen molar-refractivity contribution in [2.45, 2.75) is 26.8 Å². The van der Waals surface area contributed by atoms with Gasteiger partial charge >= 0.3 is 5.97 Å². The summed E-state index contributed by atoms with van der Waals surface area (Å²) >= 11 is 11.6. The molecule has 1 atom stereocenters. The summed E-state index contributed by atoms with van der Waals surface area (Å²) in [5.74, 6) is -1.63. The van der Waals surface area contributed by atoms with Crippen LogP contribution in [0, 0.1) is 5.41 Å². The summed E-state index contributed by atoms with van der Waals surface area (Å²) in [7, 11) is 0. The molecule has 0 saturated carbocycles. The first-order valence-corrected chi connectivity index (χ1v) is 6.37. The van der Waals surface area contributed by atoms with Crippen LogP contribution < -0.4 is 5.32 Å². The first-order chi connectivity index (χ1) is 8.62. The molecular weight excluding hydrogens is 289 g/mol. The molecule has 0 aliphatic carbocycles. The number of rotatable bonds is 3. The van der Waals surface area contributed by atoms with Crippen LogP contribution in [0.2, 0.25) is 10.0 Å². The zero-order valence-electron chi connectivity index (χ0n) is 10.8. The quantitative estimate of drug-likeness (QED) is 0.901. The topological polar surface area (TPSA) is 66.4 Å². The first kappa shape index (κ1) is 15.8. The van der Waals surface area contributed by atoms with E-state index < -0.39 is 23.3 Å². The van der Waals surface area contributed by atoms with Gasteiger partial charge in [0.15, 0.2) is 0 Å². The molecule has 1 amide bonds. The number of hydrogen-bond donors (Lipinski definition) is 2. The molecule has 0 aliphatic heterocycles. The number of benzene rings is 1. The molecule has 0 fully saturated rings. The van der Waals surface area contributed by atoms with Crippen molar-refractivity contribution in [3.05, 3.63) is 33.8 Å². The highest BCUT2D eigenvalue weighted by molar-refractivity contribution is 6.36. The number of aliphatic carboxylic acids is 1. The van der Waals surface area contributed by atoms with Crippen molar-refractivity contribution in [1.29, 1.82) is 0 Å². The highest BCUT2D eigenvalue weighted by Gasteiger charge is 2.33. The maximum atomic E-state index is 12.0. The van der Waals surface area contributed by atoms with Crippen molar-refractivity contribution in [3.8, 4) is 0 Å². The second kappa shape index (κ2) is 5.80. The van der Waals surface area contributed by atoms with Crippen molar-refractivity contribution >= 4 is 35.1 Å². The lowest BCUT2D eigenvalue weighted by Crippen LogP contribution is -2.49. The van der Waals surface area contributed by atoms with Gasteiger partial charge in [0.25, 0.3) is 5.91 Å². The van der Waals surface area contributed by atoms with E-state index in [0.717, 1.165) is 0 Å². The standard InChI is InChI=1S/C13H15Cl2NO3/c1-13(2,3)10(12(18)19)16-11(17)8-5-4-7(14)6-9(8)15/h4-6,10H,1-3H3,(H,16,17)(H,18,19). The number of amides is 1. The van der Waals surface area contributed by atoms with Gasteiger partial charge in [-0.05, 0) is 23.6 Å². The lowest BCUT2D eigenvalue weighted by molar-refractivity contribution is -0.142. The SMILES string of the molecule is CC(C)(C)C(NC(=O)c1ccc(Cl)cc1Cl)C(=O)O. The van der Waals surface area contributed by atoms with Crippen LogP contribution in [0.5, 0.6) is 0 Å². The van der Waals surface area contributed by atoms with Crippen LogP contribution in [-0.4, -0.2) is 23.0 Å². The second-order valence-corrected chi connectivity index (χ2v) is 6.08. The van der Waals surface area contributed by atoms with Gasteiger partial charge in [-0.25, -0.2) is 4.79 Å². The highest BCUT2D eigenvalue weighted by atomic mass is 35.5. The Balaban J connectivity index is 2.98. The number of nitrogens with one attached hydrogen (secondary N) is 1. The van der Waals surface area contributed by atoms with Gasteiger partial charge in [-0.3, -0.25) is 4.79 Å². The Labute approximate surface area is 121 Å². The lowest BCUT2D eigenvalue weighted by Gasteiger charge is -2.27. The van der Waals surface area contributed by atoms with Crippen molar-refractivity contribution < 1.29 is 14.7 Å². The summed E-state index contributed by atoms with van der Waals surface area (Å²) in [6.45, 7) is 5.20. The van der Waals surface area contributed by atoms with E-state index in [1.807, 2.05) is 0 Å². The third-order valence-corrected chi connectivity index (χ3v) is 3.11. The Kier molecular flexibility index (Phi) is 4.82. The fourth-order valence-corrected chi connectivity index (χ4v) is 2.03. The number of hydrogen-bond acceptors (Lipinski definition) is 2. The molecular formula is C13H15Cl2NO3. The summed E-state index contributed by atoms with van der Waals surface area (Å²) in [6.07, 6.45) is 0. The van der Waals surface area contributed by atoms with E-state index in [4.69, 9.17) is 28.3 Å².